The van der Waals surface area contributed by atoms with Crippen LogP contribution in [0.15, 0.2) is 30.6 Å². The zero-order valence-corrected chi connectivity index (χ0v) is 15.9. The molecule has 0 saturated carbocycles. The van der Waals surface area contributed by atoms with Crippen LogP contribution in [-0.4, -0.2) is 37.1 Å². The van der Waals surface area contributed by atoms with Crippen molar-refractivity contribution in [1.82, 2.24) is 29.9 Å². The fraction of sp³-hybridized carbons (Fsp3) is 0.333. The van der Waals surface area contributed by atoms with Crippen molar-refractivity contribution in [3.8, 4) is 11.6 Å². The SMILES string of the molecule is Cn1nc(C(F)(F)F)cc1C(=O)N[C@@H]1CCc2nn(-c3ccnc(OC(F)F)c3)cc21. The average molecular weight is 442 g/mol. The lowest BCUT2D eigenvalue weighted by Gasteiger charge is -2.13. The minimum Gasteiger partial charge on any atom is -0.417 e. The molecule has 0 radical (unpaired) electrons. The number of pyridine rings is 1. The van der Waals surface area contributed by atoms with Crippen LogP contribution in [0.4, 0.5) is 22.0 Å². The van der Waals surface area contributed by atoms with Crippen molar-refractivity contribution in [2.24, 2.45) is 7.05 Å². The first-order valence-electron chi connectivity index (χ1n) is 9.03. The van der Waals surface area contributed by atoms with Crippen LogP contribution in [0.3, 0.4) is 0 Å². The van der Waals surface area contributed by atoms with Crippen LogP contribution in [-0.2, 0) is 19.6 Å². The molecule has 13 heteroatoms. The highest BCUT2D eigenvalue weighted by molar-refractivity contribution is 5.93. The lowest BCUT2D eigenvalue weighted by molar-refractivity contribution is -0.141. The molecule has 0 saturated heterocycles. The van der Waals surface area contributed by atoms with Gasteiger partial charge in [-0.25, -0.2) is 9.67 Å². The highest BCUT2D eigenvalue weighted by atomic mass is 19.4. The number of halogens is 5. The highest BCUT2D eigenvalue weighted by Gasteiger charge is 2.36. The van der Waals surface area contributed by atoms with Crippen molar-refractivity contribution in [3.63, 3.8) is 0 Å². The molecule has 8 nitrogen and oxygen atoms in total. The predicted octanol–water partition coefficient (Wildman–Crippen LogP) is 3.04. The molecule has 1 amide bonds. The van der Waals surface area contributed by atoms with E-state index in [2.05, 4.69) is 25.2 Å². The van der Waals surface area contributed by atoms with Crippen molar-refractivity contribution < 1.29 is 31.5 Å². The van der Waals surface area contributed by atoms with Gasteiger partial charge in [-0.1, -0.05) is 0 Å². The number of ether oxygens (including phenoxy) is 1. The van der Waals surface area contributed by atoms with E-state index in [9.17, 15) is 26.7 Å². The predicted molar refractivity (Wildman–Crippen MR) is 94.7 cm³/mol. The smallest absolute Gasteiger partial charge is 0.417 e. The van der Waals surface area contributed by atoms with Gasteiger partial charge in [-0.2, -0.15) is 32.1 Å². The zero-order chi connectivity index (χ0) is 22.3. The van der Waals surface area contributed by atoms with Gasteiger partial charge in [0.15, 0.2) is 5.69 Å². The molecule has 0 unspecified atom stereocenters. The molecular weight excluding hydrogens is 427 g/mol. The molecule has 3 aromatic heterocycles. The van der Waals surface area contributed by atoms with E-state index in [1.54, 1.807) is 12.3 Å². The quantitative estimate of drug-likeness (QED) is 0.614. The van der Waals surface area contributed by atoms with Crippen molar-refractivity contribution >= 4 is 5.91 Å². The number of nitrogens with zero attached hydrogens (tertiary/aromatic N) is 5. The maximum absolute atomic E-state index is 12.8. The first kappa shape index (κ1) is 20.8. The number of hydrogen-bond acceptors (Lipinski definition) is 5. The average Bonchev–Trinajstić information content (AvgIpc) is 3.36. The summed E-state index contributed by atoms with van der Waals surface area (Å²) >= 11 is 0. The standard InChI is InChI=1S/C18H15F5N6O2/c1-28-13(7-14(27-28)18(21,22)23)16(30)25-11-2-3-12-10(11)8-29(26-12)9-4-5-24-15(6-9)31-17(19)20/h4-8,11,17H,2-3H2,1H3,(H,25,30)/t11-/m1/s1. The molecule has 3 heterocycles. The third kappa shape index (κ3) is 4.20. The molecule has 0 aliphatic heterocycles. The van der Waals surface area contributed by atoms with Crippen molar-refractivity contribution in [1.29, 1.82) is 0 Å². The Balaban J connectivity index is 1.53. The molecule has 0 spiro atoms. The van der Waals surface area contributed by atoms with Crippen LogP contribution in [0.5, 0.6) is 5.88 Å². The molecule has 4 rings (SSSR count). The summed E-state index contributed by atoms with van der Waals surface area (Å²) in [6, 6.07) is 3.05. The van der Waals surface area contributed by atoms with Gasteiger partial charge in [0.05, 0.1) is 17.4 Å². The normalized spacial score (nSPS) is 15.9. The van der Waals surface area contributed by atoms with E-state index in [1.165, 1.54) is 24.0 Å². The summed E-state index contributed by atoms with van der Waals surface area (Å²) in [5.74, 6) is -0.975. The summed E-state index contributed by atoms with van der Waals surface area (Å²) in [5.41, 5.74) is 0.404. The van der Waals surface area contributed by atoms with Gasteiger partial charge in [-0.3, -0.25) is 9.48 Å². The maximum Gasteiger partial charge on any atom is 0.435 e. The summed E-state index contributed by atoms with van der Waals surface area (Å²) in [7, 11) is 1.25. The van der Waals surface area contributed by atoms with E-state index in [0.29, 0.717) is 35.9 Å². The Labute approximate surface area is 171 Å². The van der Waals surface area contributed by atoms with Crippen LogP contribution in [0, 0.1) is 0 Å². The van der Waals surface area contributed by atoms with E-state index in [-0.39, 0.29) is 11.6 Å². The third-order valence-corrected chi connectivity index (χ3v) is 4.77. The fourth-order valence-corrected chi connectivity index (χ4v) is 3.37. The monoisotopic (exact) mass is 442 g/mol. The van der Waals surface area contributed by atoms with Crippen molar-refractivity contribution in [2.45, 2.75) is 31.7 Å². The molecule has 0 aromatic carbocycles. The molecular formula is C18H15F5N6O2. The molecule has 1 atom stereocenters. The highest BCUT2D eigenvalue weighted by Crippen LogP contribution is 2.32. The van der Waals surface area contributed by atoms with Crippen LogP contribution < -0.4 is 10.1 Å². The van der Waals surface area contributed by atoms with Crippen LogP contribution in [0.2, 0.25) is 0 Å². The minimum absolute atomic E-state index is 0.226. The molecule has 3 aromatic rings. The van der Waals surface area contributed by atoms with Crippen LogP contribution in [0.25, 0.3) is 5.69 Å². The number of fused-ring (bicyclic) bond motifs is 1. The number of aromatic nitrogens is 5. The summed E-state index contributed by atoms with van der Waals surface area (Å²) in [6.07, 6.45) is -0.698. The molecule has 31 heavy (non-hydrogen) atoms. The number of nitrogens with one attached hydrogen (secondary N) is 1. The lowest BCUT2D eigenvalue weighted by Crippen LogP contribution is -2.28. The summed E-state index contributed by atoms with van der Waals surface area (Å²) < 4.78 is 69.9. The van der Waals surface area contributed by atoms with Gasteiger partial charge >= 0.3 is 12.8 Å². The summed E-state index contributed by atoms with van der Waals surface area (Å²) in [5, 5.41) is 10.4. The second-order valence-corrected chi connectivity index (χ2v) is 6.81. The van der Waals surface area contributed by atoms with Gasteiger partial charge in [0.2, 0.25) is 5.88 Å². The number of aryl methyl sites for hydroxylation is 2. The number of carbonyl (C=O) groups is 1. The van der Waals surface area contributed by atoms with E-state index >= 15 is 0 Å². The topological polar surface area (TPSA) is 86.9 Å². The summed E-state index contributed by atoms with van der Waals surface area (Å²) in [6.45, 7) is -3.02. The second-order valence-electron chi connectivity index (χ2n) is 6.81. The van der Waals surface area contributed by atoms with E-state index < -0.39 is 30.4 Å². The van der Waals surface area contributed by atoms with E-state index in [0.717, 1.165) is 4.68 Å². The van der Waals surface area contributed by atoms with Gasteiger partial charge < -0.3 is 10.1 Å². The third-order valence-electron chi connectivity index (χ3n) is 4.77. The van der Waals surface area contributed by atoms with Gasteiger partial charge in [0.25, 0.3) is 5.91 Å². The minimum atomic E-state index is -4.66. The number of rotatable bonds is 5. The number of carbonyl (C=O) groups excluding carboxylic acids is 1. The van der Waals surface area contributed by atoms with Gasteiger partial charge in [0.1, 0.15) is 5.69 Å². The van der Waals surface area contributed by atoms with Crippen molar-refractivity contribution in [3.05, 3.63) is 53.2 Å². The Morgan fingerprint density at radius 1 is 1.29 bits per heavy atom. The van der Waals surface area contributed by atoms with E-state index in [1.807, 2.05) is 0 Å². The van der Waals surface area contributed by atoms with Gasteiger partial charge in [-0.05, 0) is 18.9 Å². The maximum atomic E-state index is 12.8. The molecule has 0 bridgehead atoms. The van der Waals surface area contributed by atoms with Crippen molar-refractivity contribution in [2.75, 3.05) is 0 Å². The number of alkyl halides is 5. The lowest BCUT2D eigenvalue weighted by atomic mass is 10.2. The molecule has 1 aliphatic carbocycles. The largest absolute Gasteiger partial charge is 0.435 e. The fourth-order valence-electron chi connectivity index (χ4n) is 3.37. The first-order valence-corrected chi connectivity index (χ1v) is 9.03. The van der Waals surface area contributed by atoms with Crippen LogP contribution in [0.1, 0.15) is 39.9 Å². The van der Waals surface area contributed by atoms with E-state index in [4.69, 9.17) is 0 Å². The molecule has 1 N–H and O–H groups in total. The summed E-state index contributed by atoms with van der Waals surface area (Å²) in [4.78, 5) is 16.2. The number of amides is 1. The Bertz CT molecular complexity index is 1120. The Morgan fingerprint density at radius 2 is 2.06 bits per heavy atom. The zero-order valence-electron chi connectivity index (χ0n) is 15.9. The Morgan fingerprint density at radius 3 is 2.74 bits per heavy atom. The second kappa shape index (κ2) is 7.63. The van der Waals surface area contributed by atoms with Crippen LogP contribution >= 0.6 is 0 Å². The number of hydrogen-bond donors (Lipinski definition) is 1. The molecule has 1 aliphatic rings. The molecule has 164 valence electrons. The van der Waals surface area contributed by atoms with Gasteiger partial charge in [0, 0.05) is 37.1 Å². The van der Waals surface area contributed by atoms with Gasteiger partial charge in [-0.15, -0.1) is 0 Å². The Hall–Kier alpha value is -3.51. The molecule has 0 fully saturated rings. The first-order chi connectivity index (χ1) is 14.6. The Kier molecular flexibility index (Phi) is 5.11.